The van der Waals surface area contributed by atoms with Crippen LogP contribution >= 0.6 is 0 Å². The van der Waals surface area contributed by atoms with Crippen LogP contribution in [-0.4, -0.2) is 68.7 Å². The highest BCUT2D eigenvalue weighted by Crippen LogP contribution is 2.20. The SMILES string of the molecule is Cc1ccc(S(=O)(=O)NCC(=O)N2CCC[C@H]2C(=O)N[C@@H](CCCN=C(N)N)C(=O)N(N=O)c2ccccc2)cc1. The second-order valence-electron chi connectivity index (χ2n) is 9.46. The van der Waals surface area contributed by atoms with E-state index >= 15 is 0 Å². The number of aryl methyl sites for hydroxylation is 1. The Bertz CT molecular complexity index is 1360. The van der Waals surface area contributed by atoms with Gasteiger partial charge in [0.2, 0.25) is 21.8 Å². The number of carbonyl (C=O) groups is 3. The van der Waals surface area contributed by atoms with Crippen LogP contribution < -0.4 is 26.5 Å². The molecule has 1 aliphatic heterocycles. The quantitative estimate of drug-likeness (QED) is 0.0852. The molecule has 6 N–H and O–H groups in total. The van der Waals surface area contributed by atoms with Gasteiger partial charge in [-0.15, -0.1) is 4.91 Å². The number of nitrogens with zero attached hydrogens (tertiary/aromatic N) is 4. The Morgan fingerprint density at radius 1 is 1.10 bits per heavy atom. The van der Waals surface area contributed by atoms with E-state index in [0.29, 0.717) is 24.3 Å². The number of guanidine groups is 1. The fourth-order valence-electron chi connectivity index (χ4n) is 4.36. The van der Waals surface area contributed by atoms with E-state index in [-0.39, 0.29) is 36.1 Å². The third-order valence-electron chi connectivity index (χ3n) is 6.47. The van der Waals surface area contributed by atoms with E-state index in [1.165, 1.54) is 29.2 Å². The first-order valence-electron chi connectivity index (χ1n) is 13.0. The smallest absolute Gasteiger partial charge is 0.272 e. The van der Waals surface area contributed by atoms with Crippen LogP contribution in [0.25, 0.3) is 0 Å². The third-order valence-corrected chi connectivity index (χ3v) is 7.89. The van der Waals surface area contributed by atoms with Gasteiger partial charge in [-0.1, -0.05) is 35.9 Å². The Morgan fingerprint density at radius 3 is 2.41 bits per heavy atom. The molecule has 0 radical (unpaired) electrons. The van der Waals surface area contributed by atoms with E-state index in [0.717, 1.165) is 5.56 Å². The van der Waals surface area contributed by atoms with Gasteiger partial charge in [-0.25, -0.2) is 13.1 Å². The van der Waals surface area contributed by atoms with Crippen molar-refractivity contribution in [1.82, 2.24) is 14.9 Å². The number of nitroso groups, excluding NO2 is 1. The van der Waals surface area contributed by atoms with Gasteiger partial charge in [0.25, 0.3) is 5.91 Å². The van der Waals surface area contributed by atoms with Crippen molar-refractivity contribution in [2.24, 2.45) is 21.7 Å². The maximum Gasteiger partial charge on any atom is 0.272 e. The summed E-state index contributed by atoms with van der Waals surface area (Å²) < 4.78 is 27.5. The molecule has 1 aliphatic rings. The van der Waals surface area contributed by atoms with Crippen molar-refractivity contribution in [3.8, 4) is 0 Å². The number of benzene rings is 2. The maximum atomic E-state index is 13.3. The molecule has 3 rings (SSSR count). The number of hydrogen-bond acceptors (Lipinski definition) is 8. The molecule has 2 aromatic rings. The standard InChI is InChI=1S/C26H34N8O6S/c1-18-11-13-20(14-12-18)41(39,40)30-17-23(35)33-16-6-10-22(33)24(36)31-21(9-5-15-29-26(27)28)25(37)34(32-38)19-7-3-2-4-8-19/h2-4,7-8,11-14,21-22,30H,5-6,9-10,15-17H2,1H3,(H,31,36)(H4,27,28,29)/t21-,22-/m0/s1. The number of para-hydroxylation sites is 1. The van der Waals surface area contributed by atoms with Crippen molar-refractivity contribution in [1.29, 1.82) is 0 Å². The number of anilines is 1. The number of hydrogen-bond donors (Lipinski definition) is 4. The molecule has 0 spiro atoms. The van der Waals surface area contributed by atoms with Crippen molar-refractivity contribution in [2.75, 3.05) is 24.6 Å². The van der Waals surface area contributed by atoms with E-state index in [1.807, 2.05) is 6.92 Å². The number of sulfonamides is 1. The van der Waals surface area contributed by atoms with Gasteiger partial charge in [0.05, 0.1) is 22.4 Å². The lowest BCUT2D eigenvalue weighted by atomic mass is 10.1. The highest BCUT2D eigenvalue weighted by Gasteiger charge is 2.37. The van der Waals surface area contributed by atoms with Crippen molar-refractivity contribution < 1.29 is 22.8 Å². The van der Waals surface area contributed by atoms with Gasteiger partial charge in [-0.2, -0.15) is 5.01 Å². The first-order chi connectivity index (χ1) is 19.5. The van der Waals surface area contributed by atoms with Crippen LogP contribution in [0.4, 0.5) is 5.69 Å². The van der Waals surface area contributed by atoms with Gasteiger partial charge < -0.3 is 21.7 Å². The molecule has 0 saturated carbocycles. The molecule has 1 fully saturated rings. The molecular weight excluding hydrogens is 552 g/mol. The van der Waals surface area contributed by atoms with E-state index in [9.17, 15) is 27.7 Å². The Kier molecular flexibility index (Phi) is 10.9. The lowest BCUT2D eigenvalue weighted by molar-refractivity contribution is -0.138. The van der Waals surface area contributed by atoms with Crippen LogP contribution in [0.3, 0.4) is 0 Å². The molecule has 0 unspecified atom stereocenters. The summed E-state index contributed by atoms with van der Waals surface area (Å²) in [6, 6.07) is 12.1. The molecular formula is C26H34N8O6S. The molecule has 2 aromatic carbocycles. The molecule has 2 atom stereocenters. The van der Waals surface area contributed by atoms with Crippen LogP contribution in [-0.2, 0) is 24.4 Å². The Labute approximate surface area is 238 Å². The summed E-state index contributed by atoms with van der Waals surface area (Å²) in [6.07, 6.45) is 1.19. The summed E-state index contributed by atoms with van der Waals surface area (Å²) in [5, 5.41) is 6.15. The molecule has 220 valence electrons. The largest absolute Gasteiger partial charge is 0.370 e. The highest BCUT2D eigenvalue weighted by atomic mass is 32.2. The first-order valence-corrected chi connectivity index (χ1v) is 14.5. The van der Waals surface area contributed by atoms with Gasteiger partial charge in [0.15, 0.2) is 5.96 Å². The lowest BCUT2D eigenvalue weighted by Gasteiger charge is -2.27. The van der Waals surface area contributed by atoms with Gasteiger partial charge in [-0.3, -0.25) is 19.4 Å². The minimum atomic E-state index is -3.94. The van der Waals surface area contributed by atoms with E-state index in [4.69, 9.17) is 11.5 Å². The minimum absolute atomic E-state index is 0.0143. The van der Waals surface area contributed by atoms with Crippen LogP contribution in [0.15, 0.2) is 69.8 Å². The average molecular weight is 587 g/mol. The van der Waals surface area contributed by atoms with Crippen LogP contribution in [0.1, 0.15) is 31.2 Å². The normalized spacial score (nSPS) is 15.5. The Morgan fingerprint density at radius 2 is 1.78 bits per heavy atom. The monoisotopic (exact) mass is 586 g/mol. The highest BCUT2D eigenvalue weighted by molar-refractivity contribution is 7.89. The van der Waals surface area contributed by atoms with Gasteiger partial charge >= 0.3 is 0 Å². The molecule has 0 aliphatic carbocycles. The molecule has 41 heavy (non-hydrogen) atoms. The topological polar surface area (TPSA) is 210 Å². The maximum absolute atomic E-state index is 13.3. The van der Waals surface area contributed by atoms with Crippen LogP contribution in [0, 0.1) is 11.8 Å². The number of rotatable bonds is 13. The predicted octanol–water partition coefficient (Wildman–Crippen LogP) is 0.517. The molecule has 1 saturated heterocycles. The Hall–Kier alpha value is -4.37. The zero-order valence-electron chi connectivity index (χ0n) is 22.6. The van der Waals surface area contributed by atoms with E-state index in [2.05, 4.69) is 20.3 Å². The van der Waals surface area contributed by atoms with Gasteiger partial charge in [-0.05, 0) is 56.9 Å². The van der Waals surface area contributed by atoms with E-state index in [1.54, 1.807) is 30.3 Å². The van der Waals surface area contributed by atoms with Crippen molar-refractivity contribution >= 4 is 39.4 Å². The number of amides is 3. The number of nitrogens with two attached hydrogens (primary N) is 2. The molecule has 15 heteroatoms. The number of carbonyl (C=O) groups excluding carboxylic acids is 3. The van der Waals surface area contributed by atoms with Crippen LogP contribution in [0.2, 0.25) is 0 Å². The minimum Gasteiger partial charge on any atom is -0.370 e. The van der Waals surface area contributed by atoms with Crippen molar-refractivity contribution in [3.63, 3.8) is 0 Å². The number of nitrogens with one attached hydrogen (secondary N) is 2. The summed E-state index contributed by atoms with van der Waals surface area (Å²) in [5.74, 6) is -2.10. The van der Waals surface area contributed by atoms with Crippen LogP contribution in [0.5, 0.6) is 0 Å². The first kappa shape index (κ1) is 31.2. The van der Waals surface area contributed by atoms with Gasteiger partial charge in [0, 0.05) is 13.1 Å². The second-order valence-corrected chi connectivity index (χ2v) is 11.2. The summed E-state index contributed by atoms with van der Waals surface area (Å²) in [5.41, 5.74) is 11.8. The zero-order chi connectivity index (χ0) is 30.0. The zero-order valence-corrected chi connectivity index (χ0v) is 23.4. The van der Waals surface area contributed by atoms with Crippen molar-refractivity contribution in [2.45, 2.75) is 49.6 Å². The second kappa shape index (κ2) is 14.3. The number of aliphatic imine (C=N–C) groups is 1. The predicted molar refractivity (Wildman–Crippen MR) is 153 cm³/mol. The Balaban J connectivity index is 1.70. The molecule has 0 bridgehead atoms. The fourth-order valence-corrected chi connectivity index (χ4v) is 5.33. The third kappa shape index (κ3) is 8.56. The molecule has 0 aromatic heterocycles. The summed E-state index contributed by atoms with van der Waals surface area (Å²) >= 11 is 0. The summed E-state index contributed by atoms with van der Waals surface area (Å²) in [7, 11) is -3.94. The van der Waals surface area contributed by atoms with Gasteiger partial charge in [0.1, 0.15) is 12.1 Å². The summed E-state index contributed by atoms with van der Waals surface area (Å²) in [6.45, 7) is 1.69. The van der Waals surface area contributed by atoms with E-state index < -0.39 is 46.4 Å². The molecule has 3 amide bonds. The number of likely N-dealkylation sites (tertiary alicyclic amines) is 1. The fraction of sp³-hybridized carbons (Fsp3) is 0.385. The van der Waals surface area contributed by atoms with Crippen molar-refractivity contribution in [3.05, 3.63) is 65.1 Å². The lowest BCUT2D eigenvalue weighted by Crippen LogP contribution is -2.54. The average Bonchev–Trinajstić information content (AvgIpc) is 3.45. The molecule has 14 nitrogen and oxygen atoms in total. The summed E-state index contributed by atoms with van der Waals surface area (Å²) in [4.78, 5) is 56.4. The molecule has 1 heterocycles.